The maximum atomic E-state index is 12.7. The van der Waals surface area contributed by atoms with Crippen LogP contribution in [-0.2, 0) is 0 Å². The number of hydrogen-bond donors (Lipinski definition) is 0. The van der Waals surface area contributed by atoms with Crippen LogP contribution < -0.4 is 5.69 Å². The number of hydrogen-bond acceptors (Lipinski definition) is 4. The molecule has 0 radical (unpaired) electrons. The second-order valence-electron chi connectivity index (χ2n) is 4.80. The first-order valence-electron chi connectivity index (χ1n) is 6.49. The van der Waals surface area contributed by atoms with Crippen LogP contribution in [0.5, 0.6) is 0 Å². The van der Waals surface area contributed by atoms with Crippen LogP contribution in [0.25, 0.3) is 22.4 Å². The average molecular weight is 296 g/mol. The molecule has 0 aliphatic rings. The summed E-state index contributed by atoms with van der Waals surface area (Å²) in [6.07, 6.45) is 3.08. The van der Waals surface area contributed by atoms with E-state index in [1.54, 1.807) is 31.2 Å². The molecular weight excluding hydrogens is 284 g/mol. The molecule has 2 heterocycles. The number of nitrogens with zero attached hydrogens (tertiary/aromatic N) is 4. The number of pyridine rings is 1. The van der Waals surface area contributed by atoms with Crippen LogP contribution in [0.15, 0.2) is 54.1 Å². The Hall–Kier alpha value is -3.22. The molecule has 0 spiro atoms. The van der Waals surface area contributed by atoms with Crippen LogP contribution in [0.4, 0.5) is 5.69 Å². The Balaban J connectivity index is 2.48. The summed E-state index contributed by atoms with van der Waals surface area (Å²) < 4.78 is 2.70. The Kier molecular flexibility index (Phi) is 3.10. The highest BCUT2D eigenvalue weighted by molar-refractivity contribution is 5.81. The van der Waals surface area contributed by atoms with Crippen LogP contribution in [0.2, 0.25) is 0 Å². The number of fused-ring (bicyclic) bond motifs is 1. The number of rotatable bonds is 3. The van der Waals surface area contributed by atoms with E-state index in [0.29, 0.717) is 16.7 Å². The smallest absolute Gasteiger partial charge is 0.263 e. The minimum absolute atomic E-state index is 0.137. The van der Waals surface area contributed by atoms with Crippen LogP contribution in [0.1, 0.15) is 6.92 Å². The largest absolute Gasteiger partial charge is 0.338 e. The van der Waals surface area contributed by atoms with Crippen LogP contribution >= 0.6 is 0 Å². The number of benzene rings is 1. The van der Waals surface area contributed by atoms with Crippen LogP contribution in [-0.4, -0.2) is 19.0 Å². The van der Waals surface area contributed by atoms with Gasteiger partial charge < -0.3 is 0 Å². The van der Waals surface area contributed by atoms with Gasteiger partial charge in [-0.15, -0.1) is 0 Å². The molecule has 3 aromatic rings. The predicted octanol–water partition coefficient (Wildman–Crippen LogP) is 2.59. The van der Waals surface area contributed by atoms with E-state index in [1.165, 1.54) is 27.6 Å². The van der Waals surface area contributed by atoms with Crippen molar-refractivity contribution in [2.45, 2.75) is 6.92 Å². The van der Waals surface area contributed by atoms with Gasteiger partial charge >= 0.3 is 5.69 Å². The van der Waals surface area contributed by atoms with E-state index in [2.05, 4.69) is 11.6 Å². The monoisotopic (exact) mass is 296 g/mol. The second kappa shape index (κ2) is 4.96. The van der Waals surface area contributed by atoms with Gasteiger partial charge in [0.2, 0.25) is 0 Å². The summed E-state index contributed by atoms with van der Waals surface area (Å²) >= 11 is 0. The summed E-state index contributed by atoms with van der Waals surface area (Å²) in [5.74, 6) is 0. The minimum atomic E-state index is -0.507. The lowest BCUT2D eigenvalue weighted by molar-refractivity contribution is -0.384. The molecule has 0 aliphatic heterocycles. The van der Waals surface area contributed by atoms with E-state index in [4.69, 9.17) is 0 Å². The van der Waals surface area contributed by atoms with Crippen molar-refractivity contribution < 1.29 is 4.92 Å². The van der Waals surface area contributed by atoms with Gasteiger partial charge in [0.15, 0.2) is 0 Å². The number of nitro benzene ring substituents is 1. The predicted molar refractivity (Wildman–Crippen MR) is 83.0 cm³/mol. The first-order chi connectivity index (χ1) is 10.5. The van der Waals surface area contributed by atoms with E-state index in [0.717, 1.165) is 0 Å². The van der Waals surface area contributed by atoms with Gasteiger partial charge in [-0.3, -0.25) is 24.2 Å². The molecule has 0 saturated carbocycles. The van der Waals surface area contributed by atoms with Crippen molar-refractivity contribution in [3.63, 3.8) is 0 Å². The fourth-order valence-corrected chi connectivity index (χ4v) is 2.46. The fraction of sp³-hybridized carbons (Fsp3) is 0.0667. The Morgan fingerprint density at radius 3 is 2.68 bits per heavy atom. The highest BCUT2D eigenvalue weighted by Gasteiger charge is 2.21. The van der Waals surface area contributed by atoms with E-state index >= 15 is 0 Å². The summed E-state index contributed by atoms with van der Waals surface area (Å²) in [5, 5.41) is 11.2. The van der Waals surface area contributed by atoms with Crippen molar-refractivity contribution in [2.24, 2.45) is 0 Å². The van der Waals surface area contributed by atoms with Crippen LogP contribution in [0, 0.1) is 10.1 Å². The van der Waals surface area contributed by atoms with Gasteiger partial charge in [0.25, 0.3) is 5.69 Å². The first-order valence-corrected chi connectivity index (χ1v) is 6.49. The van der Waals surface area contributed by atoms with E-state index in [1.807, 2.05) is 0 Å². The molecule has 0 bridgehead atoms. The highest BCUT2D eigenvalue weighted by Crippen LogP contribution is 2.25. The van der Waals surface area contributed by atoms with Crippen LogP contribution in [0.3, 0.4) is 0 Å². The standard InChI is InChI=1S/C15H12N4O3/c1-10(2)17-14-9-16-8-7-12(14)18(15(17)20)11-5-3-4-6-13(11)19(21)22/h3-9H,1H2,2H3. The second-order valence-corrected chi connectivity index (χ2v) is 4.80. The summed E-state index contributed by atoms with van der Waals surface area (Å²) in [6, 6.07) is 7.77. The SMILES string of the molecule is C=C(C)n1c(=O)n(-c2ccccc2[N+](=O)[O-])c2ccncc21. The molecule has 0 aliphatic carbocycles. The highest BCUT2D eigenvalue weighted by atomic mass is 16.6. The first kappa shape index (κ1) is 13.7. The molecule has 0 N–H and O–H groups in total. The Morgan fingerprint density at radius 1 is 1.27 bits per heavy atom. The molecule has 0 amide bonds. The van der Waals surface area contributed by atoms with Crippen molar-refractivity contribution in [1.82, 2.24) is 14.1 Å². The van der Waals surface area contributed by atoms with Crippen molar-refractivity contribution in [3.8, 4) is 5.69 Å². The summed E-state index contributed by atoms with van der Waals surface area (Å²) in [4.78, 5) is 27.5. The third kappa shape index (κ3) is 1.91. The lowest BCUT2D eigenvalue weighted by atomic mass is 10.2. The number of aromatic nitrogens is 3. The lowest BCUT2D eigenvalue weighted by Crippen LogP contribution is -2.22. The van der Waals surface area contributed by atoms with E-state index in [9.17, 15) is 14.9 Å². The lowest BCUT2D eigenvalue weighted by Gasteiger charge is -2.03. The maximum Gasteiger partial charge on any atom is 0.338 e. The summed E-state index contributed by atoms with van der Waals surface area (Å²) in [5.41, 5.74) is 1.27. The van der Waals surface area contributed by atoms with E-state index in [-0.39, 0.29) is 11.4 Å². The number of para-hydroxylation sites is 2. The molecule has 22 heavy (non-hydrogen) atoms. The maximum absolute atomic E-state index is 12.7. The molecular formula is C15H12N4O3. The van der Waals surface area contributed by atoms with Crippen molar-refractivity contribution >= 4 is 22.4 Å². The topological polar surface area (TPSA) is 83.0 Å². The fourth-order valence-electron chi connectivity index (χ4n) is 2.46. The molecule has 0 fully saturated rings. The Labute approximate surface area is 124 Å². The van der Waals surface area contributed by atoms with Gasteiger partial charge in [0.1, 0.15) is 5.69 Å². The molecule has 0 saturated heterocycles. The van der Waals surface area contributed by atoms with Crippen molar-refractivity contribution in [1.29, 1.82) is 0 Å². The number of allylic oxidation sites excluding steroid dienone is 1. The molecule has 0 unspecified atom stereocenters. The average Bonchev–Trinajstić information content (AvgIpc) is 2.79. The molecule has 1 aromatic carbocycles. The number of imidazole rings is 1. The van der Waals surface area contributed by atoms with Gasteiger partial charge in [0, 0.05) is 18.0 Å². The molecule has 0 atom stereocenters. The third-order valence-corrected chi connectivity index (χ3v) is 3.34. The zero-order chi connectivity index (χ0) is 15.9. The summed E-state index contributed by atoms with van der Waals surface area (Å²) in [7, 11) is 0. The Morgan fingerprint density at radius 2 is 2.00 bits per heavy atom. The third-order valence-electron chi connectivity index (χ3n) is 3.34. The molecule has 7 nitrogen and oxygen atoms in total. The van der Waals surface area contributed by atoms with Crippen molar-refractivity contribution in [2.75, 3.05) is 0 Å². The zero-order valence-corrected chi connectivity index (χ0v) is 11.8. The van der Waals surface area contributed by atoms with Gasteiger partial charge in [-0.2, -0.15) is 0 Å². The number of nitro groups is 1. The quantitative estimate of drug-likeness (QED) is 0.549. The molecule has 3 rings (SSSR count). The molecule has 110 valence electrons. The minimum Gasteiger partial charge on any atom is -0.263 e. The van der Waals surface area contributed by atoms with Gasteiger partial charge in [-0.05, 0) is 19.1 Å². The Bertz CT molecular complexity index is 968. The van der Waals surface area contributed by atoms with Gasteiger partial charge in [-0.1, -0.05) is 18.7 Å². The summed E-state index contributed by atoms with van der Waals surface area (Å²) in [6.45, 7) is 5.48. The van der Waals surface area contributed by atoms with Gasteiger partial charge in [0.05, 0.1) is 22.2 Å². The van der Waals surface area contributed by atoms with Gasteiger partial charge in [-0.25, -0.2) is 4.79 Å². The van der Waals surface area contributed by atoms with E-state index < -0.39 is 10.6 Å². The van der Waals surface area contributed by atoms with Crippen molar-refractivity contribution in [3.05, 3.63) is 69.9 Å². The molecule has 2 aromatic heterocycles. The molecule has 7 heteroatoms. The normalized spacial score (nSPS) is 10.8. The zero-order valence-electron chi connectivity index (χ0n) is 11.8.